The maximum atomic E-state index is 12.1. The van der Waals surface area contributed by atoms with Gasteiger partial charge >= 0.3 is 0 Å². The number of fused-ring (bicyclic) bond motifs is 1. The Labute approximate surface area is 123 Å². The Balaban J connectivity index is 2.23. The highest BCUT2D eigenvalue weighted by Gasteiger charge is 2.33. The molecule has 0 spiro atoms. The molecule has 2 N–H and O–H groups in total. The molecule has 0 saturated carbocycles. The number of rotatable bonds is 6. The second-order valence-corrected chi connectivity index (χ2v) is 6.50. The highest BCUT2D eigenvalue weighted by molar-refractivity contribution is 7.89. The largest absolute Gasteiger partial charge is 0.320 e. The SMILES string of the molecule is CNCCCNS(=O)(=O)c1ccc2c(c1)C(=O)N(C)C2=O. The molecule has 7 nitrogen and oxygen atoms in total. The first-order chi connectivity index (χ1) is 9.88. The molecule has 1 aliphatic heterocycles. The van der Waals surface area contributed by atoms with Gasteiger partial charge in [-0.25, -0.2) is 13.1 Å². The number of amides is 2. The van der Waals surface area contributed by atoms with E-state index < -0.39 is 21.8 Å². The molecular formula is C13H17N3O4S. The lowest BCUT2D eigenvalue weighted by molar-refractivity contribution is 0.0693. The summed E-state index contributed by atoms with van der Waals surface area (Å²) in [5.41, 5.74) is 0.359. The van der Waals surface area contributed by atoms with Gasteiger partial charge in [0, 0.05) is 13.6 Å². The number of hydrogen-bond acceptors (Lipinski definition) is 5. The van der Waals surface area contributed by atoms with Crippen molar-refractivity contribution in [2.75, 3.05) is 27.2 Å². The number of benzene rings is 1. The third kappa shape index (κ3) is 2.97. The van der Waals surface area contributed by atoms with Crippen molar-refractivity contribution in [2.45, 2.75) is 11.3 Å². The number of imide groups is 1. The van der Waals surface area contributed by atoms with Crippen LogP contribution in [0.3, 0.4) is 0 Å². The van der Waals surface area contributed by atoms with E-state index >= 15 is 0 Å². The van der Waals surface area contributed by atoms with Crippen LogP contribution in [0.1, 0.15) is 27.1 Å². The summed E-state index contributed by atoms with van der Waals surface area (Å²) in [6, 6.07) is 3.96. The zero-order valence-electron chi connectivity index (χ0n) is 11.8. The van der Waals surface area contributed by atoms with Gasteiger partial charge in [-0.05, 0) is 38.2 Å². The summed E-state index contributed by atoms with van der Waals surface area (Å²) in [7, 11) is -0.525. The molecule has 0 aliphatic carbocycles. The van der Waals surface area contributed by atoms with Gasteiger partial charge in [-0.3, -0.25) is 14.5 Å². The van der Waals surface area contributed by atoms with Crippen LogP contribution in [0.5, 0.6) is 0 Å². The summed E-state index contributed by atoms with van der Waals surface area (Å²) in [6.07, 6.45) is 0.654. The van der Waals surface area contributed by atoms with Gasteiger partial charge in [0.25, 0.3) is 11.8 Å². The van der Waals surface area contributed by atoms with E-state index in [0.717, 1.165) is 4.90 Å². The number of sulfonamides is 1. The Hall–Kier alpha value is -1.77. The van der Waals surface area contributed by atoms with Crippen molar-refractivity contribution < 1.29 is 18.0 Å². The Bertz CT molecular complexity index is 685. The summed E-state index contributed by atoms with van der Waals surface area (Å²) in [4.78, 5) is 24.6. The molecule has 0 unspecified atom stereocenters. The molecule has 1 aromatic rings. The molecule has 0 fully saturated rings. The Morgan fingerprint density at radius 1 is 1.10 bits per heavy atom. The third-order valence-electron chi connectivity index (χ3n) is 3.27. The van der Waals surface area contributed by atoms with E-state index in [-0.39, 0.29) is 16.0 Å². The van der Waals surface area contributed by atoms with E-state index in [2.05, 4.69) is 10.0 Å². The van der Waals surface area contributed by atoms with Crippen LogP contribution in [0.2, 0.25) is 0 Å². The van der Waals surface area contributed by atoms with Crippen molar-refractivity contribution in [1.82, 2.24) is 14.9 Å². The lowest BCUT2D eigenvalue weighted by atomic mass is 10.1. The van der Waals surface area contributed by atoms with E-state index in [1.165, 1.54) is 25.2 Å². The minimum Gasteiger partial charge on any atom is -0.320 e. The summed E-state index contributed by atoms with van der Waals surface area (Å²) >= 11 is 0. The average molecular weight is 311 g/mol. The van der Waals surface area contributed by atoms with Gasteiger partial charge in [-0.15, -0.1) is 0 Å². The van der Waals surface area contributed by atoms with E-state index in [9.17, 15) is 18.0 Å². The molecule has 0 aromatic heterocycles. The van der Waals surface area contributed by atoms with Gasteiger partial charge in [0.15, 0.2) is 0 Å². The molecule has 1 aromatic carbocycles. The highest BCUT2D eigenvalue weighted by atomic mass is 32.2. The van der Waals surface area contributed by atoms with Crippen molar-refractivity contribution >= 4 is 21.8 Å². The Morgan fingerprint density at radius 3 is 2.43 bits per heavy atom. The quantitative estimate of drug-likeness (QED) is 0.560. The van der Waals surface area contributed by atoms with Crippen molar-refractivity contribution in [3.05, 3.63) is 29.3 Å². The number of hydrogen-bond donors (Lipinski definition) is 2. The standard InChI is InChI=1S/C13H17N3O4S/c1-14-6-3-7-15-21(19,20)9-4-5-10-11(8-9)13(18)16(2)12(10)17/h4-5,8,14-15H,3,6-7H2,1-2H3. The fourth-order valence-corrected chi connectivity index (χ4v) is 3.16. The van der Waals surface area contributed by atoms with Gasteiger partial charge in [-0.2, -0.15) is 0 Å². The molecule has 1 heterocycles. The minimum atomic E-state index is -3.68. The summed E-state index contributed by atoms with van der Waals surface area (Å²) in [5.74, 6) is -0.900. The van der Waals surface area contributed by atoms with Crippen LogP contribution in [0, 0.1) is 0 Å². The van der Waals surface area contributed by atoms with E-state index in [0.29, 0.717) is 19.5 Å². The van der Waals surface area contributed by atoms with Crippen LogP contribution in [-0.2, 0) is 10.0 Å². The first-order valence-corrected chi connectivity index (χ1v) is 7.97. The summed E-state index contributed by atoms with van der Waals surface area (Å²) < 4.78 is 26.7. The van der Waals surface area contributed by atoms with Crippen molar-refractivity contribution in [1.29, 1.82) is 0 Å². The molecule has 2 rings (SSSR count). The highest BCUT2D eigenvalue weighted by Crippen LogP contribution is 2.24. The first-order valence-electron chi connectivity index (χ1n) is 6.49. The van der Waals surface area contributed by atoms with E-state index in [4.69, 9.17) is 0 Å². The average Bonchev–Trinajstić information content (AvgIpc) is 2.68. The molecule has 0 radical (unpaired) electrons. The topological polar surface area (TPSA) is 95.6 Å². The number of carbonyl (C=O) groups excluding carboxylic acids is 2. The normalized spacial score (nSPS) is 14.7. The summed E-state index contributed by atoms with van der Waals surface area (Å²) in [6.45, 7) is 0.998. The lowest BCUT2D eigenvalue weighted by Gasteiger charge is -2.07. The summed E-state index contributed by atoms with van der Waals surface area (Å²) in [5, 5.41) is 2.92. The third-order valence-corrected chi connectivity index (χ3v) is 4.73. The molecular weight excluding hydrogens is 294 g/mol. The second-order valence-electron chi connectivity index (χ2n) is 4.73. The molecule has 0 bridgehead atoms. The molecule has 21 heavy (non-hydrogen) atoms. The van der Waals surface area contributed by atoms with Crippen molar-refractivity contribution in [2.24, 2.45) is 0 Å². The number of nitrogens with zero attached hydrogens (tertiary/aromatic N) is 1. The zero-order chi connectivity index (χ0) is 15.6. The molecule has 0 saturated heterocycles. The van der Waals surface area contributed by atoms with Crippen LogP contribution in [0.25, 0.3) is 0 Å². The minimum absolute atomic E-state index is 0.0119. The maximum Gasteiger partial charge on any atom is 0.261 e. The van der Waals surface area contributed by atoms with E-state index in [1.807, 2.05) is 0 Å². The fourth-order valence-electron chi connectivity index (χ4n) is 2.06. The first kappa shape index (κ1) is 15.6. The van der Waals surface area contributed by atoms with Crippen LogP contribution in [0.4, 0.5) is 0 Å². The Morgan fingerprint density at radius 2 is 1.76 bits per heavy atom. The van der Waals surface area contributed by atoms with Gasteiger partial charge in [0.05, 0.1) is 16.0 Å². The van der Waals surface area contributed by atoms with Gasteiger partial charge in [0.2, 0.25) is 10.0 Å². The van der Waals surface area contributed by atoms with Gasteiger partial charge in [-0.1, -0.05) is 0 Å². The van der Waals surface area contributed by atoms with Crippen LogP contribution in [-0.4, -0.2) is 52.3 Å². The Kier molecular flexibility index (Phi) is 4.40. The molecule has 2 amide bonds. The van der Waals surface area contributed by atoms with Crippen molar-refractivity contribution in [3.8, 4) is 0 Å². The van der Waals surface area contributed by atoms with Gasteiger partial charge < -0.3 is 5.32 Å². The molecule has 8 heteroatoms. The fraction of sp³-hybridized carbons (Fsp3) is 0.385. The molecule has 0 atom stereocenters. The smallest absolute Gasteiger partial charge is 0.261 e. The number of nitrogens with one attached hydrogen (secondary N) is 2. The maximum absolute atomic E-state index is 12.1. The van der Waals surface area contributed by atoms with Gasteiger partial charge in [0.1, 0.15) is 0 Å². The predicted molar refractivity (Wildman–Crippen MR) is 76.6 cm³/mol. The van der Waals surface area contributed by atoms with E-state index in [1.54, 1.807) is 7.05 Å². The monoisotopic (exact) mass is 311 g/mol. The predicted octanol–water partition coefficient (Wildman–Crippen LogP) is -0.200. The van der Waals surface area contributed by atoms with Crippen molar-refractivity contribution in [3.63, 3.8) is 0 Å². The molecule has 114 valence electrons. The number of carbonyl (C=O) groups is 2. The van der Waals surface area contributed by atoms with Crippen LogP contribution < -0.4 is 10.0 Å². The molecule has 1 aliphatic rings. The lowest BCUT2D eigenvalue weighted by Crippen LogP contribution is -2.27. The van der Waals surface area contributed by atoms with Crippen LogP contribution in [0.15, 0.2) is 23.1 Å². The zero-order valence-corrected chi connectivity index (χ0v) is 12.7. The van der Waals surface area contributed by atoms with Crippen LogP contribution >= 0.6 is 0 Å². The second kappa shape index (κ2) is 5.92.